The predicted molar refractivity (Wildman–Crippen MR) is 106 cm³/mol. The molecule has 0 aliphatic carbocycles. The average molecular weight is 454 g/mol. The largest absolute Gasteiger partial charge is 0.573 e. The van der Waals surface area contributed by atoms with Crippen molar-refractivity contribution in [1.82, 2.24) is 19.9 Å². The van der Waals surface area contributed by atoms with Crippen molar-refractivity contribution in [3.05, 3.63) is 60.9 Å². The van der Waals surface area contributed by atoms with Gasteiger partial charge in [0.05, 0.1) is 11.9 Å². The summed E-state index contributed by atoms with van der Waals surface area (Å²) in [7, 11) is -4.23. The number of sulfonamides is 1. The summed E-state index contributed by atoms with van der Waals surface area (Å²) in [6.07, 6.45) is -1.75. The molecule has 164 valence electrons. The summed E-state index contributed by atoms with van der Waals surface area (Å²) in [5, 5.41) is 13.8. The van der Waals surface area contributed by atoms with Gasteiger partial charge in [-0.3, -0.25) is 4.98 Å². The van der Waals surface area contributed by atoms with Crippen LogP contribution in [0.15, 0.2) is 65.8 Å². The Morgan fingerprint density at radius 3 is 2.35 bits per heavy atom. The van der Waals surface area contributed by atoms with Crippen molar-refractivity contribution in [3.8, 4) is 5.75 Å². The lowest BCUT2D eigenvalue weighted by molar-refractivity contribution is -0.275. The number of aromatic nitrogens is 3. The van der Waals surface area contributed by atoms with Gasteiger partial charge in [0.25, 0.3) is 0 Å². The highest BCUT2D eigenvalue weighted by Gasteiger charge is 2.33. The Bertz CT molecular complexity index is 1100. The van der Waals surface area contributed by atoms with Gasteiger partial charge in [-0.1, -0.05) is 12.1 Å². The summed E-state index contributed by atoms with van der Waals surface area (Å²) >= 11 is 0. The fourth-order valence-corrected chi connectivity index (χ4v) is 3.57. The van der Waals surface area contributed by atoms with Crippen LogP contribution < -0.4 is 20.1 Å². The third kappa shape index (κ3) is 6.79. The molecule has 0 amide bonds. The van der Waals surface area contributed by atoms with Gasteiger partial charge in [0, 0.05) is 19.3 Å². The second kappa shape index (κ2) is 9.57. The number of hydrogen-bond acceptors (Lipinski definition) is 8. The lowest BCUT2D eigenvalue weighted by Crippen LogP contribution is -2.30. The molecule has 0 radical (unpaired) electrons. The van der Waals surface area contributed by atoms with E-state index in [1.54, 1.807) is 30.6 Å². The van der Waals surface area contributed by atoms with Crippen LogP contribution in [0.1, 0.15) is 0 Å². The van der Waals surface area contributed by atoms with Crippen LogP contribution in [0.25, 0.3) is 0 Å². The molecule has 13 heteroatoms. The Kier molecular flexibility index (Phi) is 6.87. The van der Waals surface area contributed by atoms with E-state index in [0.717, 1.165) is 17.8 Å². The number of hydrogen-bond donors (Lipinski definition) is 3. The zero-order valence-electron chi connectivity index (χ0n) is 15.8. The van der Waals surface area contributed by atoms with E-state index in [1.165, 1.54) is 12.1 Å². The van der Waals surface area contributed by atoms with Crippen molar-refractivity contribution in [2.75, 3.05) is 23.7 Å². The van der Waals surface area contributed by atoms with Gasteiger partial charge in [-0.05, 0) is 36.4 Å². The van der Waals surface area contributed by atoms with Crippen molar-refractivity contribution in [2.24, 2.45) is 0 Å². The number of benzene rings is 1. The van der Waals surface area contributed by atoms with Crippen LogP contribution in [0.2, 0.25) is 0 Å². The summed E-state index contributed by atoms with van der Waals surface area (Å²) in [6.45, 7) is 0.00559. The molecule has 1 aromatic carbocycles. The Labute approximate surface area is 175 Å². The molecule has 0 bridgehead atoms. The van der Waals surface area contributed by atoms with Crippen LogP contribution in [0.3, 0.4) is 0 Å². The van der Waals surface area contributed by atoms with Crippen LogP contribution in [0.5, 0.6) is 5.75 Å². The SMILES string of the molecule is O=S(=O)(NCCNc1ccc(Nc2cccnc2)nn1)c1ccccc1OC(F)(F)F. The third-order valence-corrected chi connectivity index (χ3v) is 5.19. The first kappa shape index (κ1) is 22.2. The van der Waals surface area contributed by atoms with Crippen LogP contribution in [-0.2, 0) is 10.0 Å². The molecule has 0 saturated heterocycles. The van der Waals surface area contributed by atoms with Gasteiger partial charge in [0.1, 0.15) is 16.5 Å². The van der Waals surface area contributed by atoms with Gasteiger partial charge in [0.2, 0.25) is 10.0 Å². The molecule has 31 heavy (non-hydrogen) atoms. The average Bonchev–Trinajstić information content (AvgIpc) is 2.72. The van der Waals surface area contributed by atoms with Crippen molar-refractivity contribution >= 4 is 27.3 Å². The number of alkyl halides is 3. The minimum absolute atomic E-state index is 0.111. The lowest BCUT2D eigenvalue weighted by Gasteiger charge is -2.14. The van der Waals surface area contributed by atoms with Crippen molar-refractivity contribution in [1.29, 1.82) is 0 Å². The van der Waals surface area contributed by atoms with Gasteiger partial charge in [0.15, 0.2) is 5.82 Å². The number of pyridine rings is 1. The molecule has 0 spiro atoms. The minimum atomic E-state index is -5.01. The summed E-state index contributed by atoms with van der Waals surface area (Å²) in [5.74, 6) is 0.0651. The molecule has 3 rings (SSSR count). The van der Waals surface area contributed by atoms with E-state index in [-0.39, 0.29) is 13.1 Å². The molecule has 9 nitrogen and oxygen atoms in total. The molecule has 0 atom stereocenters. The normalized spacial score (nSPS) is 11.7. The maximum atomic E-state index is 12.5. The standard InChI is InChI=1S/C18H17F3N6O3S/c19-18(20,21)30-14-5-1-2-6-15(14)31(28,29)24-11-10-23-16-7-8-17(27-26-16)25-13-4-3-9-22-12-13/h1-9,12,24H,10-11H2,(H,23,26)(H,25,27). The van der Waals surface area contributed by atoms with E-state index in [1.807, 2.05) is 6.07 Å². The van der Waals surface area contributed by atoms with E-state index >= 15 is 0 Å². The van der Waals surface area contributed by atoms with Crippen molar-refractivity contribution in [2.45, 2.75) is 11.3 Å². The molecular formula is C18H17F3N6O3S. The molecule has 2 aromatic heterocycles. The molecule has 0 fully saturated rings. The molecule has 0 saturated carbocycles. The zero-order valence-corrected chi connectivity index (χ0v) is 16.6. The Morgan fingerprint density at radius 2 is 1.68 bits per heavy atom. The van der Waals surface area contributed by atoms with Gasteiger partial charge >= 0.3 is 6.36 Å². The van der Waals surface area contributed by atoms with Crippen LogP contribution in [0, 0.1) is 0 Å². The number of para-hydroxylation sites is 1. The highest BCUT2D eigenvalue weighted by atomic mass is 32.2. The quantitative estimate of drug-likeness (QED) is 0.423. The van der Waals surface area contributed by atoms with E-state index < -0.39 is 27.0 Å². The van der Waals surface area contributed by atoms with Crippen LogP contribution in [-0.4, -0.2) is 43.1 Å². The summed E-state index contributed by atoms with van der Waals surface area (Å²) in [5.41, 5.74) is 0.738. The monoisotopic (exact) mass is 454 g/mol. The fourth-order valence-electron chi connectivity index (χ4n) is 2.41. The van der Waals surface area contributed by atoms with E-state index in [9.17, 15) is 21.6 Å². The molecule has 0 aliphatic heterocycles. The third-order valence-electron chi connectivity index (χ3n) is 3.69. The van der Waals surface area contributed by atoms with Crippen LogP contribution >= 0.6 is 0 Å². The highest BCUT2D eigenvalue weighted by Crippen LogP contribution is 2.29. The Morgan fingerprint density at radius 1 is 0.935 bits per heavy atom. The fraction of sp³-hybridized carbons (Fsp3) is 0.167. The summed E-state index contributed by atoms with van der Waals surface area (Å²) < 4.78 is 68.1. The molecule has 0 aliphatic rings. The zero-order chi connectivity index (χ0) is 22.3. The van der Waals surface area contributed by atoms with Gasteiger partial charge in [-0.25, -0.2) is 13.1 Å². The minimum Gasteiger partial charge on any atom is -0.404 e. The van der Waals surface area contributed by atoms with Gasteiger partial charge in [-0.15, -0.1) is 23.4 Å². The van der Waals surface area contributed by atoms with E-state index in [4.69, 9.17) is 0 Å². The van der Waals surface area contributed by atoms with E-state index in [2.05, 4.69) is 35.3 Å². The Balaban J connectivity index is 1.52. The second-order valence-corrected chi connectivity index (χ2v) is 7.72. The van der Waals surface area contributed by atoms with Crippen molar-refractivity contribution < 1.29 is 26.3 Å². The maximum Gasteiger partial charge on any atom is 0.573 e. The molecule has 3 N–H and O–H groups in total. The van der Waals surface area contributed by atoms with Gasteiger partial charge in [-0.2, -0.15) is 0 Å². The number of anilines is 3. The number of halogens is 3. The molecular weight excluding hydrogens is 437 g/mol. The summed E-state index contributed by atoms with van der Waals surface area (Å²) in [4.78, 5) is 3.36. The number of nitrogens with zero attached hydrogens (tertiary/aromatic N) is 3. The maximum absolute atomic E-state index is 12.5. The summed E-state index contributed by atoms with van der Waals surface area (Å²) in [6, 6.07) is 11.4. The van der Waals surface area contributed by atoms with Crippen molar-refractivity contribution in [3.63, 3.8) is 0 Å². The lowest BCUT2D eigenvalue weighted by atomic mass is 10.3. The topological polar surface area (TPSA) is 118 Å². The van der Waals surface area contributed by atoms with E-state index in [0.29, 0.717) is 11.6 Å². The first-order chi connectivity index (χ1) is 14.7. The smallest absolute Gasteiger partial charge is 0.404 e. The molecule has 2 heterocycles. The second-order valence-electron chi connectivity index (χ2n) is 5.99. The highest BCUT2D eigenvalue weighted by molar-refractivity contribution is 7.89. The molecule has 0 unspecified atom stereocenters. The first-order valence-corrected chi connectivity index (χ1v) is 10.3. The van der Waals surface area contributed by atoms with Gasteiger partial charge < -0.3 is 15.4 Å². The number of nitrogens with one attached hydrogen (secondary N) is 3. The number of ether oxygens (including phenoxy) is 1. The number of rotatable bonds is 9. The first-order valence-electron chi connectivity index (χ1n) is 8.82. The molecule has 3 aromatic rings. The predicted octanol–water partition coefficient (Wildman–Crippen LogP) is 2.90. The van der Waals surface area contributed by atoms with Crippen LogP contribution in [0.4, 0.5) is 30.5 Å². The Hall–Kier alpha value is -3.45.